The number of amides is 2. The normalized spacial score (nSPS) is 15.0. The van der Waals surface area contributed by atoms with Crippen molar-refractivity contribution in [3.8, 4) is 5.75 Å². The van der Waals surface area contributed by atoms with Gasteiger partial charge in [-0.1, -0.05) is 54.6 Å². The van der Waals surface area contributed by atoms with Crippen molar-refractivity contribution < 1.29 is 18.7 Å². The van der Waals surface area contributed by atoms with Gasteiger partial charge < -0.3 is 10.1 Å². The minimum atomic E-state index is -0.426. The van der Waals surface area contributed by atoms with Gasteiger partial charge in [0.15, 0.2) is 11.5 Å². The number of carbonyl (C=O) groups is 2. The summed E-state index contributed by atoms with van der Waals surface area (Å²) in [7, 11) is 0. The van der Waals surface area contributed by atoms with Crippen LogP contribution in [0.2, 0.25) is 0 Å². The Morgan fingerprint density at radius 2 is 1.73 bits per heavy atom. The minimum absolute atomic E-state index is 0.0432. The molecule has 1 aliphatic rings. The van der Waals surface area contributed by atoms with Crippen LogP contribution in [0.25, 0.3) is 6.08 Å². The molecule has 0 fully saturated rings. The topological polar surface area (TPSA) is 58.6 Å². The van der Waals surface area contributed by atoms with E-state index in [4.69, 9.17) is 4.74 Å². The molecule has 6 heteroatoms. The van der Waals surface area contributed by atoms with E-state index in [0.717, 1.165) is 12.8 Å². The molecule has 0 saturated heterocycles. The summed E-state index contributed by atoms with van der Waals surface area (Å²) in [5.74, 6) is -0.481. The van der Waals surface area contributed by atoms with Gasteiger partial charge in [-0.25, -0.2) is 4.39 Å². The highest BCUT2D eigenvalue weighted by Crippen LogP contribution is 2.35. The molecule has 0 aromatic heterocycles. The lowest BCUT2D eigenvalue weighted by atomic mass is 10.1. The van der Waals surface area contributed by atoms with Gasteiger partial charge in [-0.3, -0.25) is 14.5 Å². The molecule has 1 heterocycles. The number of nitrogens with one attached hydrogen (secondary N) is 1. The fourth-order valence-electron chi connectivity index (χ4n) is 3.69. The Hall–Kier alpha value is -3.93. The van der Waals surface area contributed by atoms with Crippen LogP contribution in [0.5, 0.6) is 5.75 Å². The number of rotatable bonds is 7. The largest absolute Gasteiger partial charge is 0.449 e. The first kappa shape index (κ1) is 22.3. The summed E-state index contributed by atoms with van der Waals surface area (Å²) in [4.78, 5) is 27.4. The molecule has 168 valence electrons. The maximum atomic E-state index is 13.2. The fourth-order valence-corrected chi connectivity index (χ4v) is 3.69. The second kappa shape index (κ2) is 10.1. The van der Waals surface area contributed by atoms with Gasteiger partial charge in [-0.05, 0) is 61.2 Å². The van der Waals surface area contributed by atoms with E-state index in [1.54, 1.807) is 42.5 Å². The number of aryl methyl sites for hydroxylation is 1. The molecule has 0 spiro atoms. The van der Waals surface area contributed by atoms with Crippen LogP contribution in [0.4, 0.5) is 10.1 Å². The van der Waals surface area contributed by atoms with E-state index in [1.165, 1.54) is 22.6 Å². The first-order valence-corrected chi connectivity index (χ1v) is 10.9. The van der Waals surface area contributed by atoms with Crippen molar-refractivity contribution in [1.82, 2.24) is 5.32 Å². The summed E-state index contributed by atoms with van der Waals surface area (Å²) < 4.78 is 19.0. The Labute approximate surface area is 192 Å². The molecule has 3 aromatic carbocycles. The molecule has 0 bridgehead atoms. The van der Waals surface area contributed by atoms with Gasteiger partial charge in [0.2, 0.25) is 5.91 Å². The second-order valence-electron chi connectivity index (χ2n) is 8.01. The molecule has 5 nitrogen and oxygen atoms in total. The Kier molecular flexibility index (Phi) is 6.83. The van der Waals surface area contributed by atoms with Gasteiger partial charge in [-0.15, -0.1) is 0 Å². The minimum Gasteiger partial charge on any atom is -0.449 e. The van der Waals surface area contributed by atoms with Crippen molar-refractivity contribution in [3.63, 3.8) is 0 Å². The van der Waals surface area contributed by atoms with Crippen molar-refractivity contribution in [1.29, 1.82) is 0 Å². The van der Waals surface area contributed by atoms with Crippen LogP contribution in [0.3, 0.4) is 0 Å². The summed E-state index contributed by atoms with van der Waals surface area (Å²) in [6.45, 7) is 1.82. The molecular weight excluding hydrogens is 419 g/mol. The Balaban J connectivity index is 1.46. The first-order chi connectivity index (χ1) is 16.0. The number of nitrogens with zero attached hydrogens (tertiary/aromatic N) is 1. The molecular formula is C27H25FN2O3. The third kappa shape index (κ3) is 5.66. The molecule has 0 aliphatic carbocycles. The number of hydrogen-bond donors (Lipinski definition) is 1. The van der Waals surface area contributed by atoms with E-state index in [0.29, 0.717) is 17.0 Å². The third-order valence-corrected chi connectivity index (χ3v) is 5.42. The van der Waals surface area contributed by atoms with Crippen molar-refractivity contribution in [3.05, 3.63) is 102 Å². The van der Waals surface area contributed by atoms with Gasteiger partial charge in [0.05, 0.1) is 5.69 Å². The lowest BCUT2D eigenvalue weighted by molar-refractivity contribution is -0.123. The molecule has 4 rings (SSSR count). The molecule has 33 heavy (non-hydrogen) atoms. The Bertz CT molecular complexity index is 1160. The quantitative estimate of drug-likeness (QED) is 0.536. The van der Waals surface area contributed by atoms with Crippen LogP contribution in [0.1, 0.15) is 24.5 Å². The predicted octanol–water partition coefficient (Wildman–Crippen LogP) is 4.73. The van der Waals surface area contributed by atoms with Crippen molar-refractivity contribution in [2.45, 2.75) is 25.8 Å². The van der Waals surface area contributed by atoms with Crippen molar-refractivity contribution in [2.75, 3.05) is 11.4 Å². The monoisotopic (exact) mass is 444 g/mol. The lowest BCUT2D eigenvalue weighted by Crippen LogP contribution is -2.46. The highest BCUT2D eigenvalue weighted by Gasteiger charge is 2.31. The van der Waals surface area contributed by atoms with Crippen LogP contribution in [-0.2, 0) is 16.0 Å². The zero-order chi connectivity index (χ0) is 23.2. The summed E-state index contributed by atoms with van der Waals surface area (Å²) in [6, 6.07) is 22.9. The highest BCUT2D eigenvalue weighted by atomic mass is 19.1. The zero-order valence-electron chi connectivity index (χ0n) is 18.3. The number of ether oxygens (including phenoxy) is 1. The van der Waals surface area contributed by atoms with Crippen LogP contribution >= 0.6 is 0 Å². The SMILES string of the molecule is CC(CCc1ccccc1)NC(=O)CN1C(=O)C(=Cc2ccc(F)cc2)Oc2ccccc21. The number of carbonyl (C=O) groups excluding carboxylic acids is 2. The van der Waals surface area contributed by atoms with Gasteiger partial charge >= 0.3 is 0 Å². The number of anilines is 1. The van der Waals surface area contributed by atoms with Crippen LogP contribution < -0.4 is 15.0 Å². The van der Waals surface area contributed by atoms with E-state index in [1.807, 2.05) is 25.1 Å². The molecule has 2 amide bonds. The number of hydrogen-bond acceptors (Lipinski definition) is 3. The van der Waals surface area contributed by atoms with E-state index in [-0.39, 0.29) is 30.1 Å². The van der Waals surface area contributed by atoms with E-state index in [2.05, 4.69) is 17.4 Å². The lowest BCUT2D eigenvalue weighted by Gasteiger charge is -2.30. The van der Waals surface area contributed by atoms with Crippen LogP contribution in [-0.4, -0.2) is 24.4 Å². The van der Waals surface area contributed by atoms with Crippen molar-refractivity contribution in [2.24, 2.45) is 0 Å². The van der Waals surface area contributed by atoms with E-state index in [9.17, 15) is 14.0 Å². The molecule has 3 aromatic rings. The van der Waals surface area contributed by atoms with E-state index >= 15 is 0 Å². The van der Waals surface area contributed by atoms with Gasteiger partial charge in [0.1, 0.15) is 12.4 Å². The molecule has 0 saturated carbocycles. The maximum Gasteiger partial charge on any atom is 0.294 e. The van der Waals surface area contributed by atoms with E-state index < -0.39 is 5.91 Å². The second-order valence-corrected chi connectivity index (χ2v) is 8.01. The number of para-hydroxylation sites is 2. The zero-order valence-corrected chi connectivity index (χ0v) is 18.3. The fraction of sp³-hybridized carbons (Fsp3) is 0.185. The summed E-state index contributed by atoms with van der Waals surface area (Å²) in [6.07, 6.45) is 3.19. The summed E-state index contributed by atoms with van der Waals surface area (Å²) >= 11 is 0. The number of benzene rings is 3. The molecule has 1 atom stereocenters. The maximum absolute atomic E-state index is 13.2. The molecule has 0 radical (unpaired) electrons. The third-order valence-electron chi connectivity index (χ3n) is 5.42. The first-order valence-electron chi connectivity index (χ1n) is 10.9. The van der Waals surface area contributed by atoms with Crippen LogP contribution in [0.15, 0.2) is 84.6 Å². The Morgan fingerprint density at radius 3 is 2.48 bits per heavy atom. The predicted molar refractivity (Wildman–Crippen MR) is 126 cm³/mol. The Morgan fingerprint density at radius 1 is 1.03 bits per heavy atom. The summed E-state index contributed by atoms with van der Waals surface area (Å²) in [5.41, 5.74) is 2.37. The summed E-state index contributed by atoms with van der Waals surface area (Å²) in [5, 5.41) is 2.98. The smallest absolute Gasteiger partial charge is 0.294 e. The highest BCUT2D eigenvalue weighted by molar-refractivity contribution is 6.12. The van der Waals surface area contributed by atoms with Gasteiger partial charge in [0.25, 0.3) is 5.91 Å². The van der Waals surface area contributed by atoms with Gasteiger partial charge in [0, 0.05) is 6.04 Å². The average molecular weight is 445 g/mol. The molecule has 1 unspecified atom stereocenters. The standard InChI is InChI=1S/C27H25FN2O3/c1-19(11-12-20-7-3-2-4-8-20)29-26(31)18-30-23-9-5-6-10-24(23)33-25(27(30)32)17-21-13-15-22(28)16-14-21/h2-10,13-17,19H,11-12,18H2,1H3,(H,29,31). The average Bonchev–Trinajstić information content (AvgIpc) is 2.82. The molecule has 1 N–H and O–H groups in total. The number of fused-ring (bicyclic) bond motifs is 1. The van der Waals surface area contributed by atoms with Crippen LogP contribution in [0, 0.1) is 5.82 Å². The number of halogens is 1. The molecule has 1 aliphatic heterocycles. The van der Waals surface area contributed by atoms with Crippen molar-refractivity contribution >= 4 is 23.6 Å². The van der Waals surface area contributed by atoms with Gasteiger partial charge in [-0.2, -0.15) is 0 Å².